The number of nitrogens with one attached hydrogen (secondary N) is 2. The van der Waals surface area contributed by atoms with Gasteiger partial charge in [-0.25, -0.2) is 8.42 Å². The molecule has 2 aromatic carbocycles. The number of benzene rings is 2. The number of sulfonamides is 1. The third-order valence-electron chi connectivity index (χ3n) is 5.53. The number of fused-ring (bicyclic) bond motifs is 2. The van der Waals surface area contributed by atoms with E-state index in [1.54, 1.807) is 30.3 Å². The quantitative estimate of drug-likeness (QED) is 0.723. The van der Waals surface area contributed by atoms with Crippen molar-refractivity contribution >= 4 is 21.4 Å². The largest absolute Gasteiger partial charge is 0.493 e. The number of anilines is 2. The second-order valence-corrected chi connectivity index (χ2v) is 9.40. The molecule has 8 heteroatoms. The van der Waals surface area contributed by atoms with E-state index in [0.29, 0.717) is 30.7 Å². The van der Waals surface area contributed by atoms with Crippen molar-refractivity contribution in [3.8, 4) is 11.5 Å². The Hall–Kier alpha value is -2.45. The Morgan fingerprint density at radius 1 is 1.03 bits per heavy atom. The number of hydrogen-bond donors (Lipinski definition) is 2. The first-order valence-electron chi connectivity index (χ1n) is 10.1. The van der Waals surface area contributed by atoms with Crippen molar-refractivity contribution in [2.75, 3.05) is 42.5 Å². The van der Waals surface area contributed by atoms with E-state index < -0.39 is 10.0 Å². The molecule has 0 saturated heterocycles. The second-order valence-electron chi connectivity index (χ2n) is 7.72. The highest BCUT2D eigenvalue weighted by atomic mass is 32.2. The molecule has 29 heavy (non-hydrogen) atoms. The Kier molecular flexibility index (Phi) is 4.75. The Bertz CT molecular complexity index is 1020. The van der Waals surface area contributed by atoms with Gasteiger partial charge in [-0.2, -0.15) is 0 Å². The maximum Gasteiger partial charge on any atom is 0.261 e. The SMILES string of the molecule is O=S(=O)(Nc1ccc2c(c1)OCCN2CCNC1CC1)c1ccc2c(c1)CCO2. The molecule has 5 rings (SSSR count). The number of nitrogens with zero attached hydrogens (tertiary/aromatic N) is 1. The number of hydrogen-bond acceptors (Lipinski definition) is 6. The van der Waals surface area contributed by atoms with Crippen LogP contribution >= 0.6 is 0 Å². The van der Waals surface area contributed by atoms with Gasteiger partial charge in [0, 0.05) is 31.6 Å². The van der Waals surface area contributed by atoms with Crippen LogP contribution in [-0.4, -0.2) is 47.3 Å². The predicted molar refractivity (Wildman–Crippen MR) is 112 cm³/mol. The molecule has 154 valence electrons. The van der Waals surface area contributed by atoms with Gasteiger partial charge in [-0.1, -0.05) is 0 Å². The first-order chi connectivity index (χ1) is 14.1. The molecular weight excluding hydrogens is 390 g/mol. The molecule has 1 aliphatic carbocycles. The maximum absolute atomic E-state index is 12.8. The molecule has 7 nitrogen and oxygen atoms in total. The molecule has 2 aliphatic heterocycles. The minimum atomic E-state index is -3.68. The van der Waals surface area contributed by atoms with Crippen molar-refractivity contribution in [1.29, 1.82) is 0 Å². The minimum Gasteiger partial charge on any atom is -0.493 e. The zero-order valence-corrected chi connectivity index (χ0v) is 17.0. The van der Waals surface area contributed by atoms with Crippen molar-refractivity contribution in [1.82, 2.24) is 5.32 Å². The third-order valence-corrected chi connectivity index (χ3v) is 6.91. The lowest BCUT2D eigenvalue weighted by atomic mass is 10.2. The molecule has 1 fully saturated rings. The van der Waals surface area contributed by atoms with Crippen LogP contribution in [0.15, 0.2) is 41.3 Å². The van der Waals surface area contributed by atoms with Gasteiger partial charge in [0.15, 0.2) is 0 Å². The summed E-state index contributed by atoms with van der Waals surface area (Å²) < 4.78 is 39.6. The highest BCUT2D eigenvalue weighted by Crippen LogP contribution is 2.35. The van der Waals surface area contributed by atoms with Crippen LogP contribution in [0.1, 0.15) is 18.4 Å². The van der Waals surface area contributed by atoms with Crippen molar-refractivity contribution in [2.24, 2.45) is 0 Å². The van der Waals surface area contributed by atoms with E-state index in [9.17, 15) is 8.42 Å². The first-order valence-corrected chi connectivity index (χ1v) is 11.6. The van der Waals surface area contributed by atoms with Crippen molar-refractivity contribution < 1.29 is 17.9 Å². The standard InChI is InChI=1S/C21H25N3O4S/c25-29(26,18-4-6-20-15(13-18)7-11-27-20)23-17-3-5-19-21(14-17)28-12-10-24(19)9-8-22-16-1-2-16/h3-6,13-14,16,22-23H,1-2,7-12H2. The number of ether oxygens (including phenoxy) is 2. The lowest BCUT2D eigenvalue weighted by Gasteiger charge is -2.31. The van der Waals surface area contributed by atoms with Crippen LogP contribution in [0.2, 0.25) is 0 Å². The van der Waals surface area contributed by atoms with Crippen molar-refractivity contribution in [3.05, 3.63) is 42.0 Å². The van der Waals surface area contributed by atoms with Gasteiger partial charge in [-0.15, -0.1) is 0 Å². The summed E-state index contributed by atoms with van der Waals surface area (Å²) in [6.07, 6.45) is 3.29. The molecule has 0 atom stereocenters. The van der Waals surface area contributed by atoms with Gasteiger partial charge in [0.1, 0.15) is 18.1 Å². The molecule has 1 saturated carbocycles. The van der Waals surface area contributed by atoms with Crippen LogP contribution in [0.3, 0.4) is 0 Å². The zero-order chi connectivity index (χ0) is 19.8. The Morgan fingerprint density at radius 3 is 2.76 bits per heavy atom. The topological polar surface area (TPSA) is 79.9 Å². The second kappa shape index (κ2) is 7.42. The fourth-order valence-corrected chi connectivity index (χ4v) is 4.91. The highest BCUT2D eigenvalue weighted by molar-refractivity contribution is 7.92. The van der Waals surface area contributed by atoms with Crippen LogP contribution in [0.5, 0.6) is 11.5 Å². The summed E-state index contributed by atoms with van der Waals surface area (Å²) in [5.41, 5.74) is 2.43. The zero-order valence-electron chi connectivity index (χ0n) is 16.2. The summed E-state index contributed by atoms with van der Waals surface area (Å²) in [5, 5.41) is 3.53. The summed E-state index contributed by atoms with van der Waals surface area (Å²) in [6, 6.07) is 11.2. The highest BCUT2D eigenvalue weighted by Gasteiger charge is 2.23. The Morgan fingerprint density at radius 2 is 1.90 bits per heavy atom. The summed E-state index contributed by atoms with van der Waals surface area (Å²) >= 11 is 0. The number of rotatable bonds is 7. The van der Waals surface area contributed by atoms with E-state index >= 15 is 0 Å². The fourth-order valence-electron chi connectivity index (χ4n) is 3.81. The average molecular weight is 416 g/mol. The molecule has 0 radical (unpaired) electrons. The van der Waals surface area contributed by atoms with E-state index in [1.165, 1.54) is 12.8 Å². The summed E-state index contributed by atoms with van der Waals surface area (Å²) in [6.45, 7) is 3.88. The molecule has 3 aliphatic rings. The maximum atomic E-state index is 12.8. The van der Waals surface area contributed by atoms with Gasteiger partial charge in [0.25, 0.3) is 10.0 Å². The van der Waals surface area contributed by atoms with Crippen molar-refractivity contribution in [3.63, 3.8) is 0 Å². The average Bonchev–Trinajstić information content (AvgIpc) is 3.41. The van der Waals surface area contributed by atoms with Gasteiger partial charge in [-0.3, -0.25) is 4.72 Å². The van der Waals surface area contributed by atoms with Gasteiger partial charge >= 0.3 is 0 Å². The van der Waals surface area contributed by atoms with Crippen molar-refractivity contribution in [2.45, 2.75) is 30.2 Å². The van der Waals surface area contributed by atoms with E-state index in [2.05, 4.69) is 14.9 Å². The monoisotopic (exact) mass is 415 g/mol. The van der Waals surface area contributed by atoms with Gasteiger partial charge in [0.2, 0.25) is 0 Å². The minimum absolute atomic E-state index is 0.244. The summed E-state index contributed by atoms with van der Waals surface area (Å²) in [7, 11) is -3.68. The first kappa shape index (κ1) is 18.6. The van der Waals surface area contributed by atoms with E-state index in [4.69, 9.17) is 9.47 Å². The van der Waals surface area contributed by atoms with E-state index in [0.717, 1.165) is 43.1 Å². The third kappa shape index (κ3) is 4.00. The fraction of sp³-hybridized carbons (Fsp3) is 0.429. The van der Waals surface area contributed by atoms with Crippen LogP contribution < -0.4 is 24.4 Å². The van der Waals surface area contributed by atoms with Crippen LogP contribution in [0, 0.1) is 0 Å². The Balaban J connectivity index is 1.31. The normalized spacial score (nSPS) is 17.9. The lowest BCUT2D eigenvalue weighted by Crippen LogP contribution is -2.38. The van der Waals surface area contributed by atoms with E-state index in [-0.39, 0.29) is 4.90 Å². The van der Waals surface area contributed by atoms with Gasteiger partial charge in [0.05, 0.1) is 29.4 Å². The van der Waals surface area contributed by atoms with E-state index in [1.807, 2.05) is 6.07 Å². The molecule has 0 aromatic heterocycles. The Labute approximate surface area is 171 Å². The molecule has 2 heterocycles. The molecule has 2 N–H and O–H groups in total. The summed E-state index contributed by atoms with van der Waals surface area (Å²) in [4.78, 5) is 2.53. The molecule has 0 unspecified atom stereocenters. The van der Waals surface area contributed by atoms with Crippen LogP contribution in [0.4, 0.5) is 11.4 Å². The molecule has 2 aromatic rings. The molecular formula is C21H25N3O4S. The van der Waals surface area contributed by atoms with Crippen LogP contribution in [0.25, 0.3) is 0 Å². The summed E-state index contributed by atoms with van der Waals surface area (Å²) in [5.74, 6) is 1.48. The molecule has 0 spiro atoms. The lowest BCUT2D eigenvalue weighted by molar-refractivity contribution is 0.307. The predicted octanol–water partition coefficient (Wildman–Crippen LogP) is 2.37. The molecule has 0 amide bonds. The van der Waals surface area contributed by atoms with Gasteiger partial charge < -0.3 is 19.7 Å². The van der Waals surface area contributed by atoms with Crippen LogP contribution in [-0.2, 0) is 16.4 Å². The smallest absolute Gasteiger partial charge is 0.261 e. The molecule has 0 bridgehead atoms. The van der Waals surface area contributed by atoms with Gasteiger partial charge in [-0.05, 0) is 48.7 Å².